The van der Waals surface area contributed by atoms with Gasteiger partial charge in [0.25, 0.3) is 0 Å². The smallest absolute Gasteiger partial charge is 0.145 e. The lowest BCUT2D eigenvalue weighted by Gasteiger charge is -2.20. The molecule has 0 spiro atoms. The molecule has 1 aromatic rings. The summed E-state index contributed by atoms with van der Waals surface area (Å²) in [4.78, 5) is 0. The molecule has 0 heterocycles. The summed E-state index contributed by atoms with van der Waals surface area (Å²) in [5.41, 5.74) is 10.2. The number of nitrogens with one attached hydrogen (secondary N) is 1. The Morgan fingerprint density at radius 2 is 1.78 bits per heavy atom. The van der Waals surface area contributed by atoms with E-state index in [1.807, 2.05) is 0 Å². The minimum atomic E-state index is 0.744. The van der Waals surface area contributed by atoms with Gasteiger partial charge in [0.2, 0.25) is 0 Å². The first kappa shape index (κ1) is 15.3. The average molecular weight is 315 g/mol. The summed E-state index contributed by atoms with van der Waals surface area (Å²) in [6, 6.07) is 0. The van der Waals surface area contributed by atoms with Crippen molar-refractivity contribution in [3.63, 3.8) is 0 Å². The van der Waals surface area contributed by atoms with E-state index >= 15 is 0 Å². The lowest BCUT2D eigenvalue weighted by Crippen LogP contribution is -2.09. The molecular formula is C14H23BrN2O. The van der Waals surface area contributed by atoms with Crippen LogP contribution in [0.2, 0.25) is 0 Å². The maximum atomic E-state index is 5.54. The molecule has 18 heavy (non-hydrogen) atoms. The SMILES string of the molecule is COc1c(C)c(C)c(Br)c(C)c1NCCCCN. The van der Waals surface area contributed by atoms with Crippen LogP contribution < -0.4 is 15.8 Å². The highest BCUT2D eigenvalue weighted by molar-refractivity contribution is 9.10. The van der Waals surface area contributed by atoms with Crippen LogP contribution >= 0.6 is 15.9 Å². The van der Waals surface area contributed by atoms with E-state index in [4.69, 9.17) is 10.5 Å². The fourth-order valence-corrected chi connectivity index (χ4v) is 2.53. The van der Waals surface area contributed by atoms with E-state index in [0.717, 1.165) is 41.8 Å². The number of hydrogen-bond donors (Lipinski definition) is 2. The molecule has 0 bridgehead atoms. The van der Waals surface area contributed by atoms with Crippen molar-refractivity contribution in [3.8, 4) is 5.75 Å². The maximum Gasteiger partial charge on any atom is 0.145 e. The fourth-order valence-electron chi connectivity index (χ4n) is 2.03. The quantitative estimate of drug-likeness (QED) is 0.790. The van der Waals surface area contributed by atoms with Crippen LogP contribution in [-0.2, 0) is 0 Å². The minimum absolute atomic E-state index is 0.744. The molecule has 0 amide bonds. The molecule has 0 aliphatic rings. The Morgan fingerprint density at radius 1 is 1.11 bits per heavy atom. The van der Waals surface area contributed by atoms with Crippen molar-refractivity contribution in [1.82, 2.24) is 0 Å². The van der Waals surface area contributed by atoms with Crippen LogP contribution in [-0.4, -0.2) is 20.2 Å². The number of benzene rings is 1. The lowest BCUT2D eigenvalue weighted by atomic mass is 10.0. The van der Waals surface area contributed by atoms with Gasteiger partial charge in [0, 0.05) is 11.0 Å². The van der Waals surface area contributed by atoms with Gasteiger partial charge in [-0.2, -0.15) is 0 Å². The van der Waals surface area contributed by atoms with Crippen LogP contribution in [0.25, 0.3) is 0 Å². The van der Waals surface area contributed by atoms with E-state index in [1.54, 1.807) is 7.11 Å². The van der Waals surface area contributed by atoms with E-state index in [9.17, 15) is 0 Å². The number of methoxy groups -OCH3 is 1. The van der Waals surface area contributed by atoms with Gasteiger partial charge in [-0.15, -0.1) is 0 Å². The fraction of sp³-hybridized carbons (Fsp3) is 0.571. The molecule has 0 unspecified atom stereocenters. The molecule has 3 nitrogen and oxygen atoms in total. The van der Waals surface area contributed by atoms with E-state index in [0.29, 0.717) is 0 Å². The predicted octanol–water partition coefficient (Wildman–Crippen LogP) is 3.53. The maximum absolute atomic E-state index is 5.54. The predicted molar refractivity (Wildman–Crippen MR) is 81.7 cm³/mol. The molecule has 1 rings (SSSR count). The summed E-state index contributed by atoms with van der Waals surface area (Å²) in [5.74, 6) is 0.945. The number of hydrogen-bond acceptors (Lipinski definition) is 3. The molecular weight excluding hydrogens is 292 g/mol. The average Bonchev–Trinajstić information content (AvgIpc) is 2.38. The molecule has 0 aromatic heterocycles. The first-order chi connectivity index (χ1) is 8.54. The Labute approximate surface area is 118 Å². The largest absolute Gasteiger partial charge is 0.494 e. The van der Waals surface area contributed by atoms with Crippen LogP contribution in [0.3, 0.4) is 0 Å². The van der Waals surface area contributed by atoms with Gasteiger partial charge in [-0.05, 0) is 56.8 Å². The monoisotopic (exact) mass is 314 g/mol. The second-order valence-corrected chi connectivity index (χ2v) is 5.31. The highest BCUT2D eigenvalue weighted by Crippen LogP contribution is 2.39. The summed E-state index contributed by atoms with van der Waals surface area (Å²) in [6.45, 7) is 7.96. The number of halogens is 1. The Bertz CT molecular complexity index is 419. The standard InChI is InChI=1S/C14H23BrN2O/c1-9-10(2)14(18-4)13(11(3)12(9)15)17-8-6-5-7-16/h17H,5-8,16H2,1-4H3. The second-order valence-electron chi connectivity index (χ2n) is 4.52. The zero-order valence-electron chi connectivity index (χ0n) is 11.7. The zero-order chi connectivity index (χ0) is 13.7. The molecule has 0 aliphatic heterocycles. The molecule has 0 atom stereocenters. The van der Waals surface area contributed by atoms with Gasteiger partial charge >= 0.3 is 0 Å². The number of nitrogens with two attached hydrogens (primary N) is 1. The number of unbranched alkanes of at least 4 members (excludes halogenated alkanes) is 1. The molecule has 102 valence electrons. The second kappa shape index (κ2) is 7.00. The molecule has 0 saturated heterocycles. The number of rotatable bonds is 6. The summed E-state index contributed by atoms with van der Waals surface area (Å²) in [5, 5.41) is 3.47. The molecule has 3 N–H and O–H groups in total. The van der Waals surface area contributed by atoms with Crippen molar-refractivity contribution in [1.29, 1.82) is 0 Å². The first-order valence-corrected chi connectivity index (χ1v) is 7.11. The third-order valence-electron chi connectivity index (χ3n) is 3.30. The molecule has 0 fully saturated rings. The van der Waals surface area contributed by atoms with Crippen LogP contribution in [0.15, 0.2) is 4.47 Å². The topological polar surface area (TPSA) is 47.3 Å². The van der Waals surface area contributed by atoms with Gasteiger partial charge in [0.1, 0.15) is 5.75 Å². The van der Waals surface area contributed by atoms with Crippen LogP contribution in [0.4, 0.5) is 5.69 Å². The van der Waals surface area contributed by atoms with Gasteiger partial charge in [0.15, 0.2) is 0 Å². The van der Waals surface area contributed by atoms with Crippen LogP contribution in [0, 0.1) is 20.8 Å². The molecule has 0 saturated carbocycles. The molecule has 1 aromatic carbocycles. The number of anilines is 1. The lowest BCUT2D eigenvalue weighted by molar-refractivity contribution is 0.412. The van der Waals surface area contributed by atoms with Gasteiger partial charge < -0.3 is 15.8 Å². The Morgan fingerprint density at radius 3 is 2.33 bits per heavy atom. The highest BCUT2D eigenvalue weighted by atomic mass is 79.9. The third kappa shape index (κ3) is 3.18. The summed E-state index contributed by atoms with van der Waals surface area (Å²) in [6.07, 6.45) is 2.12. The van der Waals surface area contributed by atoms with Crippen molar-refractivity contribution >= 4 is 21.6 Å². The first-order valence-electron chi connectivity index (χ1n) is 6.31. The van der Waals surface area contributed by atoms with Crippen molar-refractivity contribution in [2.75, 3.05) is 25.5 Å². The van der Waals surface area contributed by atoms with Crippen molar-refractivity contribution in [3.05, 3.63) is 21.2 Å². The van der Waals surface area contributed by atoms with Crippen molar-refractivity contribution < 1.29 is 4.74 Å². The van der Waals surface area contributed by atoms with Gasteiger partial charge in [-0.25, -0.2) is 0 Å². The van der Waals surface area contributed by atoms with E-state index in [2.05, 4.69) is 42.0 Å². The Hall–Kier alpha value is -0.740. The van der Waals surface area contributed by atoms with Crippen molar-refractivity contribution in [2.24, 2.45) is 5.73 Å². The van der Waals surface area contributed by atoms with Crippen molar-refractivity contribution in [2.45, 2.75) is 33.6 Å². The summed E-state index contributed by atoms with van der Waals surface area (Å²) >= 11 is 3.65. The van der Waals surface area contributed by atoms with Gasteiger partial charge in [-0.1, -0.05) is 15.9 Å². The summed E-state index contributed by atoms with van der Waals surface area (Å²) < 4.78 is 6.70. The van der Waals surface area contributed by atoms with Crippen LogP contribution in [0.5, 0.6) is 5.75 Å². The summed E-state index contributed by atoms with van der Waals surface area (Å²) in [7, 11) is 1.72. The van der Waals surface area contributed by atoms with Gasteiger partial charge in [0.05, 0.1) is 12.8 Å². The van der Waals surface area contributed by atoms with E-state index in [-0.39, 0.29) is 0 Å². The molecule has 0 aliphatic carbocycles. The third-order valence-corrected chi connectivity index (χ3v) is 4.49. The number of ether oxygens (including phenoxy) is 1. The van der Waals surface area contributed by atoms with Crippen LogP contribution in [0.1, 0.15) is 29.5 Å². The van der Waals surface area contributed by atoms with E-state index < -0.39 is 0 Å². The molecule has 4 heteroatoms. The zero-order valence-corrected chi connectivity index (χ0v) is 13.3. The Kier molecular flexibility index (Phi) is 5.96. The van der Waals surface area contributed by atoms with E-state index in [1.165, 1.54) is 16.7 Å². The van der Waals surface area contributed by atoms with Gasteiger partial charge in [-0.3, -0.25) is 0 Å². The molecule has 0 radical (unpaired) electrons. The Balaban J connectivity index is 3.01. The highest BCUT2D eigenvalue weighted by Gasteiger charge is 2.16. The minimum Gasteiger partial charge on any atom is -0.494 e. The normalized spacial score (nSPS) is 10.6.